The first-order valence-electron chi connectivity index (χ1n) is 5.34. The van der Waals surface area contributed by atoms with Gasteiger partial charge in [-0.15, -0.1) is 0 Å². The number of benzene rings is 2. The van der Waals surface area contributed by atoms with Gasteiger partial charge in [0.2, 0.25) is 0 Å². The molecule has 3 nitrogen and oxygen atoms in total. The largest absolute Gasteiger partial charge is 0.388 e. The summed E-state index contributed by atoms with van der Waals surface area (Å²) >= 11 is 0. The van der Waals surface area contributed by atoms with Crippen molar-refractivity contribution in [3.63, 3.8) is 0 Å². The molecule has 0 aliphatic carbocycles. The Balaban J connectivity index is 2.61. The molecule has 0 atom stereocenters. The Bertz CT molecular complexity index is 646. The Kier molecular flexibility index (Phi) is 3.48. The second-order valence-electron chi connectivity index (χ2n) is 3.58. The second-order valence-corrected chi connectivity index (χ2v) is 5.12. The fourth-order valence-corrected chi connectivity index (χ4v) is 2.67. The zero-order valence-electron chi connectivity index (χ0n) is 9.61. The molecule has 2 aromatic rings. The summed E-state index contributed by atoms with van der Waals surface area (Å²) in [4.78, 5) is 0.135. The van der Waals surface area contributed by atoms with E-state index in [9.17, 15) is 8.42 Å². The molecule has 0 aliphatic rings. The van der Waals surface area contributed by atoms with Gasteiger partial charge in [-0.25, -0.2) is 0 Å². The normalized spacial score (nSPS) is 10.9. The topological polar surface area (TPSA) is 43.4 Å². The molecule has 0 fully saturated rings. The summed E-state index contributed by atoms with van der Waals surface area (Å²) in [6.45, 7) is 3.27. The molecule has 0 bridgehead atoms. The lowest BCUT2D eigenvalue weighted by atomic mass is 10.1. The van der Waals surface area contributed by atoms with Crippen molar-refractivity contribution in [1.82, 2.24) is 0 Å². The van der Waals surface area contributed by atoms with Gasteiger partial charge in [0.05, 0.1) is 6.26 Å². The first-order valence-corrected chi connectivity index (χ1v) is 6.74. The standard InChI is InChI=1S/C14H12O3S/c1-2-17-18(15,16)14-11-7-6-10-13(14)12-8-4-3-5-9-12/h2-11H,1H2. The maximum atomic E-state index is 11.9. The van der Waals surface area contributed by atoms with Crippen molar-refractivity contribution in [2.75, 3.05) is 0 Å². The van der Waals surface area contributed by atoms with Crippen LogP contribution in [0.25, 0.3) is 11.1 Å². The van der Waals surface area contributed by atoms with Crippen LogP contribution in [0.1, 0.15) is 0 Å². The fraction of sp³-hybridized carbons (Fsp3) is 0. The van der Waals surface area contributed by atoms with Gasteiger partial charge >= 0.3 is 10.1 Å². The minimum Gasteiger partial charge on any atom is -0.388 e. The Morgan fingerprint density at radius 1 is 0.944 bits per heavy atom. The van der Waals surface area contributed by atoms with E-state index in [1.54, 1.807) is 18.2 Å². The summed E-state index contributed by atoms with van der Waals surface area (Å²) in [6.07, 6.45) is 0.914. The average molecular weight is 260 g/mol. The van der Waals surface area contributed by atoms with E-state index in [0.717, 1.165) is 11.8 Å². The van der Waals surface area contributed by atoms with E-state index < -0.39 is 10.1 Å². The van der Waals surface area contributed by atoms with E-state index in [2.05, 4.69) is 10.8 Å². The summed E-state index contributed by atoms with van der Waals surface area (Å²) in [6, 6.07) is 16.0. The zero-order chi connectivity index (χ0) is 13.0. The third-order valence-electron chi connectivity index (χ3n) is 2.44. The molecule has 0 heterocycles. The summed E-state index contributed by atoms with van der Waals surface area (Å²) in [5, 5.41) is 0. The van der Waals surface area contributed by atoms with E-state index in [4.69, 9.17) is 0 Å². The lowest BCUT2D eigenvalue weighted by Gasteiger charge is -2.09. The van der Waals surface area contributed by atoms with Crippen LogP contribution in [-0.4, -0.2) is 8.42 Å². The Morgan fingerprint density at radius 2 is 1.56 bits per heavy atom. The van der Waals surface area contributed by atoms with Crippen LogP contribution in [0.3, 0.4) is 0 Å². The Labute approximate surface area is 106 Å². The molecule has 0 saturated carbocycles. The molecule has 0 aromatic heterocycles. The van der Waals surface area contributed by atoms with Crippen LogP contribution in [0.5, 0.6) is 0 Å². The third-order valence-corrected chi connectivity index (χ3v) is 3.72. The van der Waals surface area contributed by atoms with Crippen molar-refractivity contribution in [2.24, 2.45) is 0 Å². The second kappa shape index (κ2) is 5.06. The number of rotatable bonds is 4. The first kappa shape index (κ1) is 12.4. The molecule has 0 amide bonds. The van der Waals surface area contributed by atoms with Crippen molar-refractivity contribution < 1.29 is 12.6 Å². The number of hydrogen-bond acceptors (Lipinski definition) is 3. The highest BCUT2D eigenvalue weighted by atomic mass is 32.2. The average Bonchev–Trinajstić information content (AvgIpc) is 2.40. The van der Waals surface area contributed by atoms with Gasteiger partial charge in [0.25, 0.3) is 0 Å². The third kappa shape index (κ3) is 2.43. The van der Waals surface area contributed by atoms with Gasteiger partial charge in [-0.1, -0.05) is 55.1 Å². The van der Waals surface area contributed by atoms with Gasteiger partial charge in [-0.2, -0.15) is 8.42 Å². The Hall–Kier alpha value is -2.07. The summed E-state index contributed by atoms with van der Waals surface area (Å²) < 4.78 is 28.5. The van der Waals surface area contributed by atoms with Gasteiger partial charge in [0, 0.05) is 5.56 Å². The maximum Gasteiger partial charge on any atom is 0.339 e. The molecule has 4 heteroatoms. The van der Waals surface area contributed by atoms with Gasteiger partial charge in [0.15, 0.2) is 0 Å². The molecule has 0 saturated heterocycles. The van der Waals surface area contributed by atoms with Gasteiger partial charge in [-0.05, 0) is 11.6 Å². The molecule has 0 aliphatic heterocycles. The van der Waals surface area contributed by atoms with Crippen LogP contribution in [0, 0.1) is 0 Å². The van der Waals surface area contributed by atoms with Crippen LogP contribution in [0.15, 0.2) is 72.3 Å². The molecule has 0 spiro atoms. The van der Waals surface area contributed by atoms with Crippen molar-refractivity contribution in [2.45, 2.75) is 4.90 Å². The van der Waals surface area contributed by atoms with Crippen LogP contribution in [0.4, 0.5) is 0 Å². The van der Waals surface area contributed by atoms with Crippen molar-refractivity contribution in [1.29, 1.82) is 0 Å². The summed E-state index contributed by atoms with van der Waals surface area (Å²) in [7, 11) is -3.81. The predicted molar refractivity (Wildman–Crippen MR) is 70.3 cm³/mol. The Morgan fingerprint density at radius 3 is 2.22 bits per heavy atom. The van der Waals surface area contributed by atoms with Crippen LogP contribution >= 0.6 is 0 Å². The highest BCUT2D eigenvalue weighted by molar-refractivity contribution is 7.87. The quantitative estimate of drug-likeness (QED) is 0.626. The summed E-state index contributed by atoms with van der Waals surface area (Å²) in [5.41, 5.74) is 1.43. The van der Waals surface area contributed by atoms with Gasteiger partial charge in [-0.3, -0.25) is 0 Å². The fourth-order valence-electron chi connectivity index (χ4n) is 1.68. The molecular weight excluding hydrogens is 248 g/mol. The summed E-state index contributed by atoms with van der Waals surface area (Å²) in [5.74, 6) is 0. The number of hydrogen-bond donors (Lipinski definition) is 0. The van der Waals surface area contributed by atoms with Crippen molar-refractivity contribution in [3.8, 4) is 11.1 Å². The SMILES string of the molecule is C=COS(=O)(=O)c1ccccc1-c1ccccc1. The van der Waals surface area contributed by atoms with E-state index in [1.807, 2.05) is 30.3 Å². The lowest BCUT2D eigenvalue weighted by molar-refractivity contribution is 0.445. The van der Waals surface area contributed by atoms with E-state index in [1.165, 1.54) is 6.07 Å². The first-order chi connectivity index (χ1) is 8.65. The van der Waals surface area contributed by atoms with Crippen LogP contribution < -0.4 is 0 Å². The van der Waals surface area contributed by atoms with E-state index in [-0.39, 0.29) is 4.90 Å². The van der Waals surface area contributed by atoms with Crippen molar-refractivity contribution in [3.05, 3.63) is 67.4 Å². The molecule has 0 radical (unpaired) electrons. The van der Waals surface area contributed by atoms with E-state index >= 15 is 0 Å². The molecule has 2 aromatic carbocycles. The highest BCUT2D eigenvalue weighted by Crippen LogP contribution is 2.28. The lowest BCUT2D eigenvalue weighted by Crippen LogP contribution is -2.03. The molecule has 92 valence electrons. The molecule has 0 unspecified atom stereocenters. The smallest absolute Gasteiger partial charge is 0.339 e. The molecule has 2 rings (SSSR count). The van der Waals surface area contributed by atoms with Gasteiger partial charge in [0.1, 0.15) is 4.90 Å². The van der Waals surface area contributed by atoms with Gasteiger partial charge < -0.3 is 4.18 Å². The maximum absolute atomic E-state index is 11.9. The molecular formula is C14H12O3S. The molecule has 18 heavy (non-hydrogen) atoms. The van der Waals surface area contributed by atoms with E-state index in [0.29, 0.717) is 5.56 Å². The zero-order valence-corrected chi connectivity index (χ0v) is 10.4. The predicted octanol–water partition coefficient (Wildman–Crippen LogP) is 3.20. The van der Waals surface area contributed by atoms with Crippen LogP contribution in [0.2, 0.25) is 0 Å². The minimum atomic E-state index is -3.81. The minimum absolute atomic E-state index is 0.135. The highest BCUT2D eigenvalue weighted by Gasteiger charge is 2.19. The molecule has 0 N–H and O–H groups in total. The monoisotopic (exact) mass is 260 g/mol. The van der Waals surface area contributed by atoms with Crippen LogP contribution in [-0.2, 0) is 14.3 Å². The van der Waals surface area contributed by atoms with Crippen molar-refractivity contribution >= 4 is 10.1 Å².